The summed E-state index contributed by atoms with van der Waals surface area (Å²) in [5.41, 5.74) is -0.733. The van der Waals surface area contributed by atoms with Gasteiger partial charge in [0.2, 0.25) is 0 Å². The highest BCUT2D eigenvalue weighted by Gasteiger charge is 2.34. The molecule has 0 fully saturated rings. The van der Waals surface area contributed by atoms with Gasteiger partial charge in [-0.25, -0.2) is 0 Å². The summed E-state index contributed by atoms with van der Waals surface area (Å²) in [5, 5.41) is 2.68. The monoisotopic (exact) mass is 299 g/mol. The third-order valence-electron chi connectivity index (χ3n) is 2.82. The number of hydrogen-bond donors (Lipinski definition) is 1. The van der Waals surface area contributed by atoms with E-state index in [9.17, 15) is 26.3 Å². The lowest BCUT2D eigenvalue weighted by atomic mass is 10.0. The lowest BCUT2D eigenvalue weighted by Gasteiger charge is -2.19. The molecule has 1 rings (SSSR count). The third-order valence-corrected chi connectivity index (χ3v) is 2.82. The number of rotatable bonds is 5. The smallest absolute Gasteiger partial charge is 0.310 e. The summed E-state index contributed by atoms with van der Waals surface area (Å²) in [7, 11) is 0. The van der Waals surface area contributed by atoms with Crippen LogP contribution in [0, 0.1) is 0 Å². The minimum Gasteiger partial charge on any atom is -0.310 e. The molecular formula is C13H15F6N. The third kappa shape index (κ3) is 5.40. The van der Waals surface area contributed by atoms with Crippen LogP contribution in [-0.4, -0.2) is 12.7 Å². The van der Waals surface area contributed by atoms with Crippen LogP contribution in [-0.2, 0) is 6.18 Å². The van der Waals surface area contributed by atoms with E-state index in [-0.39, 0.29) is 18.5 Å². The largest absolute Gasteiger partial charge is 0.416 e. The van der Waals surface area contributed by atoms with Crippen molar-refractivity contribution in [2.75, 3.05) is 6.54 Å². The number of nitrogens with one attached hydrogen (secondary N) is 1. The zero-order valence-electron chi connectivity index (χ0n) is 10.8. The number of benzene rings is 1. The molecule has 0 aliphatic rings. The van der Waals surface area contributed by atoms with Gasteiger partial charge in [-0.3, -0.25) is 0 Å². The number of hydrogen-bond acceptors (Lipinski definition) is 1. The molecule has 0 amide bonds. The molecule has 20 heavy (non-hydrogen) atoms. The van der Waals surface area contributed by atoms with E-state index >= 15 is 0 Å². The average Bonchev–Trinajstić information content (AvgIpc) is 2.32. The van der Waals surface area contributed by atoms with Crippen molar-refractivity contribution in [1.29, 1.82) is 0 Å². The van der Waals surface area contributed by atoms with E-state index in [1.54, 1.807) is 0 Å². The summed E-state index contributed by atoms with van der Waals surface area (Å²) in [4.78, 5) is 0. The minimum absolute atomic E-state index is 0.00681. The van der Waals surface area contributed by atoms with Crippen molar-refractivity contribution in [1.82, 2.24) is 5.32 Å². The van der Waals surface area contributed by atoms with Gasteiger partial charge in [0.1, 0.15) is 0 Å². The van der Waals surface area contributed by atoms with Gasteiger partial charge in [-0.15, -0.1) is 0 Å². The Morgan fingerprint density at radius 3 is 2.20 bits per heavy atom. The van der Waals surface area contributed by atoms with Gasteiger partial charge in [0, 0.05) is 12.5 Å². The second-order valence-electron chi connectivity index (χ2n) is 4.48. The molecule has 0 bridgehead atoms. The maximum atomic E-state index is 12.8. The van der Waals surface area contributed by atoms with Crippen LogP contribution in [0.3, 0.4) is 0 Å². The zero-order valence-corrected chi connectivity index (χ0v) is 10.8. The summed E-state index contributed by atoms with van der Waals surface area (Å²) in [6, 6.07) is 4.37. The first-order chi connectivity index (χ1) is 9.11. The fourth-order valence-electron chi connectivity index (χ4n) is 1.85. The van der Waals surface area contributed by atoms with Gasteiger partial charge < -0.3 is 5.32 Å². The highest BCUT2D eigenvalue weighted by atomic mass is 19.4. The Bertz CT molecular complexity index is 424. The van der Waals surface area contributed by atoms with Crippen LogP contribution < -0.4 is 5.32 Å². The first-order valence-corrected chi connectivity index (χ1v) is 6.07. The summed E-state index contributed by atoms with van der Waals surface area (Å²) in [6.45, 7) is 1.50. The maximum Gasteiger partial charge on any atom is 0.416 e. The van der Waals surface area contributed by atoms with Crippen molar-refractivity contribution in [3.63, 3.8) is 0 Å². The standard InChI is InChI=1S/C13H15F6N/c1-9(20-8-4-7-12(14,15)16)10-5-2-3-6-11(10)13(17,18)19/h2-3,5-6,9,20H,4,7-8H2,1H3. The molecule has 1 atom stereocenters. The molecule has 0 saturated heterocycles. The van der Waals surface area contributed by atoms with Crippen LogP contribution in [0.1, 0.15) is 36.9 Å². The molecular weight excluding hydrogens is 284 g/mol. The molecule has 1 aromatic rings. The quantitative estimate of drug-likeness (QED) is 0.614. The van der Waals surface area contributed by atoms with E-state index in [1.165, 1.54) is 25.1 Å². The predicted molar refractivity (Wildman–Crippen MR) is 63.2 cm³/mol. The fraction of sp³-hybridized carbons (Fsp3) is 0.538. The molecule has 7 heteroatoms. The van der Waals surface area contributed by atoms with E-state index in [2.05, 4.69) is 5.32 Å². The van der Waals surface area contributed by atoms with Gasteiger partial charge in [0.05, 0.1) is 5.56 Å². The highest BCUT2D eigenvalue weighted by molar-refractivity contribution is 5.31. The summed E-state index contributed by atoms with van der Waals surface area (Å²) >= 11 is 0. The van der Waals surface area contributed by atoms with Crippen molar-refractivity contribution < 1.29 is 26.3 Å². The van der Waals surface area contributed by atoms with Gasteiger partial charge in [-0.1, -0.05) is 18.2 Å². The normalized spacial score (nSPS) is 14.3. The van der Waals surface area contributed by atoms with E-state index in [1.807, 2.05) is 0 Å². The molecule has 1 aromatic carbocycles. The fourth-order valence-corrected chi connectivity index (χ4v) is 1.85. The Labute approximate surface area is 113 Å². The van der Waals surface area contributed by atoms with Crippen molar-refractivity contribution >= 4 is 0 Å². The second kappa shape index (κ2) is 6.47. The van der Waals surface area contributed by atoms with Crippen LogP contribution in [0.5, 0.6) is 0 Å². The summed E-state index contributed by atoms with van der Waals surface area (Å²) < 4.78 is 74.2. The Kier molecular flexibility index (Phi) is 5.44. The van der Waals surface area contributed by atoms with Crippen LogP contribution >= 0.6 is 0 Å². The molecule has 0 heterocycles. The zero-order chi connectivity index (χ0) is 15.4. The van der Waals surface area contributed by atoms with Gasteiger partial charge in [-0.05, 0) is 31.5 Å². The molecule has 1 nitrogen and oxygen atoms in total. The van der Waals surface area contributed by atoms with E-state index in [0.717, 1.165) is 6.07 Å². The van der Waals surface area contributed by atoms with Crippen molar-refractivity contribution in [3.05, 3.63) is 35.4 Å². The predicted octanol–water partition coefficient (Wildman–Crippen LogP) is 4.70. The summed E-state index contributed by atoms with van der Waals surface area (Å²) in [5.74, 6) is 0. The van der Waals surface area contributed by atoms with Crippen LogP contribution in [0.2, 0.25) is 0 Å². The van der Waals surface area contributed by atoms with E-state index in [4.69, 9.17) is 0 Å². The minimum atomic E-state index is -4.47. The van der Waals surface area contributed by atoms with Crippen molar-refractivity contribution in [2.24, 2.45) is 0 Å². The lowest BCUT2D eigenvalue weighted by molar-refractivity contribution is -0.138. The molecule has 0 aliphatic carbocycles. The summed E-state index contributed by atoms with van der Waals surface area (Å²) in [6.07, 6.45) is -9.83. The Morgan fingerprint density at radius 2 is 1.65 bits per heavy atom. The lowest BCUT2D eigenvalue weighted by Crippen LogP contribution is -2.24. The first-order valence-electron chi connectivity index (χ1n) is 6.07. The molecule has 114 valence electrons. The van der Waals surface area contributed by atoms with Gasteiger partial charge in [-0.2, -0.15) is 26.3 Å². The van der Waals surface area contributed by atoms with Gasteiger partial charge in [0.25, 0.3) is 0 Å². The van der Waals surface area contributed by atoms with Crippen molar-refractivity contribution in [2.45, 2.75) is 38.2 Å². The SMILES string of the molecule is CC(NCCCC(F)(F)F)c1ccccc1C(F)(F)F. The molecule has 0 spiro atoms. The number of halogens is 6. The molecule has 0 aromatic heterocycles. The second-order valence-corrected chi connectivity index (χ2v) is 4.48. The Morgan fingerprint density at radius 1 is 1.05 bits per heavy atom. The van der Waals surface area contributed by atoms with Gasteiger partial charge in [0.15, 0.2) is 0 Å². The van der Waals surface area contributed by atoms with E-state index < -0.39 is 30.4 Å². The van der Waals surface area contributed by atoms with Crippen LogP contribution in [0.15, 0.2) is 24.3 Å². The van der Waals surface area contributed by atoms with Crippen LogP contribution in [0.4, 0.5) is 26.3 Å². The van der Waals surface area contributed by atoms with Crippen molar-refractivity contribution in [3.8, 4) is 0 Å². The highest BCUT2D eigenvalue weighted by Crippen LogP contribution is 2.34. The van der Waals surface area contributed by atoms with Crippen LogP contribution in [0.25, 0.3) is 0 Å². The number of alkyl halides is 6. The Balaban J connectivity index is 2.62. The molecule has 0 saturated carbocycles. The average molecular weight is 299 g/mol. The topological polar surface area (TPSA) is 12.0 Å². The molecule has 1 unspecified atom stereocenters. The molecule has 1 N–H and O–H groups in total. The molecule has 0 radical (unpaired) electrons. The Hall–Kier alpha value is -1.24. The van der Waals surface area contributed by atoms with Gasteiger partial charge >= 0.3 is 12.4 Å². The maximum absolute atomic E-state index is 12.8. The first kappa shape index (κ1) is 16.8. The molecule has 0 aliphatic heterocycles. The van der Waals surface area contributed by atoms with E-state index in [0.29, 0.717) is 0 Å².